The zero-order valence-corrected chi connectivity index (χ0v) is 5.78. The standard InChI is InChI=1S/C7H7N.Cu/c1-3-7-4-2-6-8(7)5-1;/h1-3,5-6H,4H2;. The van der Waals surface area contributed by atoms with E-state index in [9.17, 15) is 0 Å². The summed E-state index contributed by atoms with van der Waals surface area (Å²) in [6, 6.07) is 4.21. The Morgan fingerprint density at radius 3 is 3.11 bits per heavy atom. The monoisotopic (exact) mass is 168 g/mol. The molecular weight excluding hydrogens is 162 g/mol. The number of hydrogen-bond acceptors (Lipinski definition) is 0. The normalized spacial score (nSPS) is 12.9. The minimum Gasteiger partial charge on any atom is -0.328 e. The van der Waals surface area contributed by atoms with Crippen molar-refractivity contribution in [1.29, 1.82) is 0 Å². The molecule has 1 aliphatic heterocycles. The van der Waals surface area contributed by atoms with Gasteiger partial charge in [0.1, 0.15) is 0 Å². The van der Waals surface area contributed by atoms with Crippen molar-refractivity contribution in [2.45, 2.75) is 6.42 Å². The van der Waals surface area contributed by atoms with Crippen LogP contribution in [0.25, 0.3) is 6.20 Å². The van der Waals surface area contributed by atoms with Crippen molar-refractivity contribution < 1.29 is 17.1 Å². The van der Waals surface area contributed by atoms with E-state index in [-0.39, 0.29) is 17.1 Å². The van der Waals surface area contributed by atoms with E-state index in [1.807, 2.05) is 0 Å². The topological polar surface area (TPSA) is 4.93 Å². The molecule has 2 heteroatoms. The van der Waals surface area contributed by atoms with Crippen molar-refractivity contribution in [3.63, 3.8) is 0 Å². The van der Waals surface area contributed by atoms with Gasteiger partial charge in [0, 0.05) is 41.6 Å². The number of aromatic nitrogens is 1. The molecule has 0 saturated heterocycles. The second-order valence-electron chi connectivity index (χ2n) is 2.00. The van der Waals surface area contributed by atoms with Gasteiger partial charge in [0.05, 0.1) is 0 Å². The van der Waals surface area contributed by atoms with Gasteiger partial charge < -0.3 is 4.57 Å². The molecule has 0 aromatic carbocycles. The quantitative estimate of drug-likeness (QED) is 0.518. The summed E-state index contributed by atoms with van der Waals surface area (Å²) in [5.41, 5.74) is 1.39. The molecular formula is C7H7CuN. The van der Waals surface area contributed by atoms with Gasteiger partial charge in [0.15, 0.2) is 0 Å². The summed E-state index contributed by atoms with van der Waals surface area (Å²) < 4.78 is 2.14. The minimum atomic E-state index is 0. The van der Waals surface area contributed by atoms with E-state index in [2.05, 4.69) is 35.2 Å². The maximum Gasteiger partial charge on any atom is 0.0259 e. The molecule has 0 saturated carbocycles. The van der Waals surface area contributed by atoms with Crippen molar-refractivity contribution in [3.8, 4) is 0 Å². The molecule has 2 heterocycles. The number of allylic oxidation sites excluding steroid dienone is 1. The van der Waals surface area contributed by atoms with E-state index in [4.69, 9.17) is 0 Å². The Hall–Kier alpha value is -0.461. The molecule has 0 aliphatic carbocycles. The van der Waals surface area contributed by atoms with E-state index in [1.165, 1.54) is 5.69 Å². The van der Waals surface area contributed by atoms with Crippen LogP contribution >= 0.6 is 0 Å². The Kier molecular flexibility index (Phi) is 1.79. The van der Waals surface area contributed by atoms with Crippen LogP contribution in [0.4, 0.5) is 0 Å². The van der Waals surface area contributed by atoms with E-state index >= 15 is 0 Å². The summed E-state index contributed by atoms with van der Waals surface area (Å²) in [6.45, 7) is 0. The van der Waals surface area contributed by atoms with Crippen LogP contribution in [0.2, 0.25) is 0 Å². The molecule has 0 amide bonds. The van der Waals surface area contributed by atoms with Gasteiger partial charge >= 0.3 is 0 Å². The van der Waals surface area contributed by atoms with Crippen LogP contribution in [0.15, 0.2) is 24.4 Å². The number of fused-ring (bicyclic) bond motifs is 1. The zero-order chi connectivity index (χ0) is 5.40. The van der Waals surface area contributed by atoms with Crippen LogP contribution in [-0.2, 0) is 23.5 Å². The van der Waals surface area contributed by atoms with E-state index in [1.54, 1.807) is 0 Å². The first-order valence-electron chi connectivity index (χ1n) is 2.79. The maximum absolute atomic E-state index is 2.16. The summed E-state index contributed by atoms with van der Waals surface area (Å²) in [7, 11) is 0. The third kappa shape index (κ3) is 0.958. The van der Waals surface area contributed by atoms with E-state index in [0.717, 1.165) is 6.42 Å². The van der Waals surface area contributed by atoms with Gasteiger partial charge in [-0.05, 0) is 12.1 Å². The van der Waals surface area contributed by atoms with Gasteiger partial charge in [0.2, 0.25) is 0 Å². The van der Waals surface area contributed by atoms with Crippen LogP contribution in [0.1, 0.15) is 5.69 Å². The van der Waals surface area contributed by atoms with Crippen molar-refractivity contribution in [3.05, 3.63) is 30.1 Å². The summed E-state index contributed by atoms with van der Waals surface area (Å²) >= 11 is 0. The largest absolute Gasteiger partial charge is 0.328 e. The first-order valence-corrected chi connectivity index (χ1v) is 2.79. The zero-order valence-electron chi connectivity index (χ0n) is 4.84. The van der Waals surface area contributed by atoms with Crippen LogP contribution in [0, 0.1) is 0 Å². The van der Waals surface area contributed by atoms with Crippen LogP contribution < -0.4 is 0 Å². The molecule has 0 spiro atoms. The van der Waals surface area contributed by atoms with Gasteiger partial charge in [-0.25, -0.2) is 0 Å². The molecule has 1 aliphatic rings. The van der Waals surface area contributed by atoms with E-state index in [0.29, 0.717) is 0 Å². The average molecular weight is 169 g/mol. The fraction of sp³-hybridized carbons (Fsp3) is 0.143. The molecule has 1 aromatic rings. The number of nitrogens with zero attached hydrogens (tertiary/aromatic N) is 1. The Morgan fingerprint density at radius 1 is 1.44 bits per heavy atom. The van der Waals surface area contributed by atoms with Gasteiger partial charge in [-0.2, -0.15) is 0 Å². The maximum atomic E-state index is 2.16. The third-order valence-electron chi connectivity index (χ3n) is 1.46. The summed E-state index contributed by atoms with van der Waals surface area (Å²) in [6.07, 6.45) is 7.43. The van der Waals surface area contributed by atoms with Crippen LogP contribution in [0.5, 0.6) is 0 Å². The SMILES string of the molecule is C1=Cn2cccc2C1.[Cu]. The predicted molar refractivity (Wildman–Crippen MR) is 33.5 cm³/mol. The third-order valence-corrected chi connectivity index (χ3v) is 1.46. The Bertz CT molecular complexity index is 225. The molecule has 1 nitrogen and oxygen atoms in total. The summed E-state index contributed by atoms with van der Waals surface area (Å²) in [4.78, 5) is 0. The number of rotatable bonds is 0. The summed E-state index contributed by atoms with van der Waals surface area (Å²) in [5, 5.41) is 0. The fourth-order valence-corrected chi connectivity index (χ4v) is 1.03. The molecule has 1 aromatic heterocycles. The van der Waals surface area contributed by atoms with Crippen molar-refractivity contribution >= 4 is 6.20 Å². The molecule has 0 fully saturated rings. The smallest absolute Gasteiger partial charge is 0.0259 e. The molecule has 2 rings (SSSR count). The van der Waals surface area contributed by atoms with Crippen molar-refractivity contribution in [2.75, 3.05) is 0 Å². The minimum absolute atomic E-state index is 0. The summed E-state index contributed by atoms with van der Waals surface area (Å²) in [5.74, 6) is 0. The molecule has 1 radical (unpaired) electrons. The first kappa shape index (κ1) is 6.66. The first-order chi connectivity index (χ1) is 3.97. The molecule has 0 bridgehead atoms. The van der Waals surface area contributed by atoms with Gasteiger partial charge in [-0.3, -0.25) is 0 Å². The second kappa shape index (κ2) is 2.42. The van der Waals surface area contributed by atoms with Crippen LogP contribution in [-0.4, -0.2) is 4.57 Å². The van der Waals surface area contributed by atoms with Gasteiger partial charge in [-0.1, -0.05) is 6.08 Å². The number of hydrogen-bond donors (Lipinski definition) is 0. The Labute approximate surface area is 64.8 Å². The van der Waals surface area contributed by atoms with Crippen molar-refractivity contribution in [2.24, 2.45) is 0 Å². The Morgan fingerprint density at radius 2 is 2.33 bits per heavy atom. The fourth-order valence-electron chi connectivity index (χ4n) is 1.03. The average Bonchev–Trinajstić information content (AvgIpc) is 2.15. The Balaban J connectivity index is 0.000000405. The van der Waals surface area contributed by atoms with Crippen LogP contribution in [0.3, 0.4) is 0 Å². The molecule has 51 valence electrons. The predicted octanol–water partition coefficient (Wildman–Crippen LogP) is 1.51. The van der Waals surface area contributed by atoms with Gasteiger partial charge in [-0.15, -0.1) is 0 Å². The molecule has 0 N–H and O–H groups in total. The van der Waals surface area contributed by atoms with Gasteiger partial charge in [0.25, 0.3) is 0 Å². The van der Waals surface area contributed by atoms with E-state index < -0.39 is 0 Å². The molecule has 0 atom stereocenters. The molecule has 0 unspecified atom stereocenters. The molecule has 9 heavy (non-hydrogen) atoms. The second-order valence-corrected chi connectivity index (χ2v) is 2.00. The van der Waals surface area contributed by atoms with Crippen molar-refractivity contribution in [1.82, 2.24) is 4.57 Å².